The van der Waals surface area contributed by atoms with E-state index < -0.39 is 42.8 Å². The van der Waals surface area contributed by atoms with Crippen molar-refractivity contribution >= 4 is 56.9 Å². The number of hydrogen-bond acceptors (Lipinski definition) is 6. The molecule has 2 aromatic rings. The molecule has 0 amide bonds. The third-order valence-electron chi connectivity index (χ3n) is 3.49. The van der Waals surface area contributed by atoms with Gasteiger partial charge in [0.1, 0.15) is 10.5 Å². The third-order valence-corrected chi connectivity index (χ3v) is 4.38. The van der Waals surface area contributed by atoms with E-state index in [1.807, 2.05) is 0 Å². The molecular formula is C14H8NNaO7S. The quantitative estimate of drug-likeness (QED) is 0.313. The van der Waals surface area contributed by atoms with Crippen LogP contribution in [0.4, 0.5) is 5.69 Å². The molecule has 1 N–H and O–H groups in total. The summed E-state index contributed by atoms with van der Waals surface area (Å²) < 4.78 is 32.1. The SMILES string of the molecule is O=C1c2cccc(S(=O)(=O)O)c2C(=O)c2cccc([N+](=O)[O-])c21.[NaH]. The molecule has 0 spiro atoms. The number of nitrogens with zero attached hydrogens (tertiary/aromatic N) is 1. The van der Waals surface area contributed by atoms with E-state index in [1.165, 1.54) is 24.3 Å². The Bertz CT molecular complexity index is 1010. The van der Waals surface area contributed by atoms with Crippen molar-refractivity contribution in [1.29, 1.82) is 0 Å². The molecule has 0 heterocycles. The molecule has 118 valence electrons. The van der Waals surface area contributed by atoms with Crippen LogP contribution in [0.2, 0.25) is 0 Å². The normalized spacial score (nSPS) is 12.9. The molecular weight excluding hydrogens is 349 g/mol. The molecule has 0 aromatic heterocycles. The molecule has 1 aliphatic rings. The molecule has 3 rings (SSSR count). The Hall–Kier alpha value is -1.91. The van der Waals surface area contributed by atoms with Crippen molar-refractivity contribution in [3.63, 3.8) is 0 Å². The van der Waals surface area contributed by atoms with E-state index >= 15 is 0 Å². The third kappa shape index (κ3) is 2.70. The van der Waals surface area contributed by atoms with Gasteiger partial charge in [-0.25, -0.2) is 0 Å². The van der Waals surface area contributed by atoms with Crippen LogP contribution in [0.1, 0.15) is 31.8 Å². The number of rotatable bonds is 2. The molecule has 0 atom stereocenters. The molecule has 0 fully saturated rings. The van der Waals surface area contributed by atoms with Crippen molar-refractivity contribution < 1.29 is 27.5 Å². The van der Waals surface area contributed by atoms with E-state index in [2.05, 4.69) is 0 Å². The number of ketones is 2. The Morgan fingerprint density at radius 3 is 1.96 bits per heavy atom. The summed E-state index contributed by atoms with van der Waals surface area (Å²) in [6, 6.07) is 6.86. The van der Waals surface area contributed by atoms with E-state index in [9.17, 15) is 32.7 Å². The number of nitro groups is 1. The van der Waals surface area contributed by atoms with Gasteiger partial charge < -0.3 is 0 Å². The zero-order valence-corrected chi connectivity index (χ0v) is 12.0. The summed E-state index contributed by atoms with van der Waals surface area (Å²) in [6.45, 7) is 0. The van der Waals surface area contributed by atoms with Gasteiger partial charge in [-0.2, -0.15) is 8.42 Å². The van der Waals surface area contributed by atoms with Crippen molar-refractivity contribution in [2.75, 3.05) is 0 Å². The first-order chi connectivity index (χ1) is 10.7. The second kappa shape index (κ2) is 6.19. The van der Waals surface area contributed by atoms with Crippen molar-refractivity contribution in [3.05, 3.63) is 68.8 Å². The van der Waals surface area contributed by atoms with Gasteiger partial charge in [-0.15, -0.1) is 0 Å². The number of hydrogen-bond donors (Lipinski definition) is 1. The summed E-state index contributed by atoms with van der Waals surface area (Å²) in [5.74, 6) is -1.71. The van der Waals surface area contributed by atoms with Crippen molar-refractivity contribution in [1.82, 2.24) is 0 Å². The van der Waals surface area contributed by atoms with Gasteiger partial charge in [-0.3, -0.25) is 24.3 Å². The fourth-order valence-corrected chi connectivity index (χ4v) is 3.27. The van der Waals surface area contributed by atoms with Gasteiger partial charge in [-0.05, 0) is 12.1 Å². The maximum absolute atomic E-state index is 12.5. The summed E-state index contributed by atoms with van der Waals surface area (Å²) in [4.78, 5) is 34.6. The first kappa shape index (κ1) is 18.4. The van der Waals surface area contributed by atoms with Gasteiger partial charge in [0, 0.05) is 17.2 Å². The second-order valence-electron chi connectivity index (χ2n) is 4.77. The van der Waals surface area contributed by atoms with Gasteiger partial charge in [0.15, 0.2) is 5.78 Å². The first-order valence-electron chi connectivity index (χ1n) is 6.21. The Morgan fingerprint density at radius 2 is 1.42 bits per heavy atom. The summed E-state index contributed by atoms with van der Waals surface area (Å²) in [7, 11) is -4.74. The van der Waals surface area contributed by atoms with E-state index in [0.717, 1.165) is 12.1 Å². The number of fused-ring (bicyclic) bond motifs is 2. The molecule has 1 aliphatic carbocycles. The minimum atomic E-state index is -4.74. The minimum absolute atomic E-state index is 0. The molecule has 0 unspecified atom stereocenters. The zero-order valence-electron chi connectivity index (χ0n) is 11.2. The zero-order chi connectivity index (χ0) is 16.9. The van der Waals surface area contributed by atoms with E-state index in [1.54, 1.807) is 0 Å². The van der Waals surface area contributed by atoms with E-state index in [-0.39, 0.29) is 46.2 Å². The Morgan fingerprint density at radius 1 is 0.917 bits per heavy atom. The van der Waals surface area contributed by atoms with Gasteiger partial charge >= 0.3 is 29.6 Å². The molecule has 0 radical (unpaired) electrons. The van der Waals surface area contributed by atoms with Crippen LogP contribution in [-0.4, -0.2) is 59.0 Å². The molecule has 8 nitrogen and oxygen atoms in total. The summed E-state index contributed by atoms with van der Waals surface area (Å²) in [5.41, 5.74) is -1.97. The fraction of sp³-hybridized carbons (Fsp3) is 0. The predicted octanol–water partition coefficient (Wildman–Crippen LogP) is 0.968. The van der Waals surface area contributed by atoms with Crippen LogP contribution in [0.5, 0.6) is 0 Å². The second-order valence-corrected chi connectivity index (χ2v) is 6.16. The standard InChI is InChI=1S/C14H7NO7S.Na.H/c16-13-8-4-2-6-10(23(20,21)22)12(8)14(17)7-3-1-5-9(11(7)13)15(18)19;;/h1-6H,(H,20,21,22);;. The first-order valence-corrected chi connectivity index (χ1v) is 7.65. The molecule has 2 aromatic carbocycles. The van der Waals surface area contributed by atoms with Crippen molar-refractivity contribution in [2.45, 2.75) is 4.90 Å². The van der Waals surface area contributed by atoms with Crippen LogP contribution in [0.25, 0.3) is 0 Å². The van der Waals surface area contributed by atoms with Crippen LogP contribution in [0.15, 0.2) is 41.3 Å². The van der Waals surface area contributed by atoms with Gasteiger partial charge in [0.25, 0.3) is 15.8 Å². The number of nitro benzene ring substituents is 1. The van der Waals surface area contributed by atoms with Crippen molar-refractivity contribution in [2.24, 2.45) is 0 Å². The molecule has 0 saturated carbocycles. The van der Waals surface area contributed by atoms with Crippen LogP contribution >= 0.6 is 0 Å². The average molecular weight is 357 g/mol. The molecule has 0 aliphatic heterocycles. The molecule has 0 saturated heterocycles. The van der Waals surface area contributed by atoms with Crippen LogP contribution in [-0.2, 0) is 10.1 Å². The maximum atomic E-state index is 12.5. The number of carbonyl (C=O) groups is 2. The van der Waals surface area contributed by atoms with Crippen molar-refractivity contribution in [3.8, 4) is 0 Å². The van der Waals surface area contributed by atoms with Gasteiger partial charge in [0.05, 0.1) is 10.5 Å². The Balaban J connectivity index is 0.00000208. The molecule has 24 heavy (non-hydrogen) atoms. The summed E-state index contributed by atoms with van der Waals surface area (Å²) >= 11 is 0. The number of benzene rings is 2. The average Bonchev–Trinajstić information content (AvgIpc) is 2.50. The summed E-state index contributed by atoms with van der Waals surface area (Å²) in [6.07, 6.45) is 0. The fourth-order valence-electron chi connectivity index (χ4n) is 2.56. The van der Waals surface area contributed by atoms with Crippen LogP contribution in [0, 0.1) is 10.1 Å². The van der Waals surface area contributed by atoms with E-state index in [0.29, 0.717) is 0 Å². The monoisotopic (exact) mass is 357 g/mol. The Kier molecular flexibility index (Phi) is 4.75. The molecule has 10 heteroatoms. The van der Waals surface area contributed by atoms with Gasteiger partial charge in [-0.1, -0.05) is 18.2 Å². The van der Waals surface area contributed by atoms with Crippen LogP contribution < -0.4 is 0 Å². The van der Waals surface area contributed by atoms with Gasteiger partial charge in [0.2, 0.25) is 5.78 Å². The summed E-state index contributed by atoms with van der Waals surface area (Å²) in [5, 5.41) is 11.1. The Labute approximate surface area is 157 Å². The topological polar surface area (TPSA) is 132 Å². The predicted molar refractivity (Wildman–Crippen MR) is 83.4 cm³/mol. The number of carbonyl (C=O) groups excluding carboxylic acids is 2. The molecule has 0 bridgehead atoms. The van der Waals surface area contributed by atoms with Crippen LogP contribution in [0.3, 0.4) is 0 Å². The van der Waals surface area contributed by atoms with E-state index in [4.69, 9.17) is 0 Å².